The standard InChI is InChI=1S/C72H110ClF3N12O12/c1-12-46(4)61-68(98)82(7)43-59(91)80(5)44-60(92)84(9)55(40-47-24-16-13-17-25-47)66(96)81(6)42-57(89)77-52(32-30-48-29-31-50(51(73)39-48)72(74,75)76)65(95)88-37-22-28-53(88)64(94)79-71(33-23-34-71)70(100)86(11)62(49-26-18-14-19-27-49)69(99)85(10)56(67(97)87-35-20-15-21-36-87)41-58(90)83(8)54(38-45(2)3)63(93)78-61/h29,31,39,45-47,49,52-56,61-62H,12-28,30,32-38,40-44H2,1-11H3,(H,77,89)(H,78,93)(H,79,94)/t46-,52-,53?,54-,55-,56-,61-,62-/m0/s1. The minimum atomic E-state index is -4.76. The first kappa shape index (κ1) is 80.3. The summed E-state index contributed by atoms with van der Waals surface area (Å²) in [5, 5.41) is 8.12. The number of hydrogen-bond donors (Lipinski definition) is 3. The highest BCUT2D eigenvalue weighted by molar-refractivity contribution is 6.31. The Morgan fingerprint density at radius 3 is 1.81 bits per heavy atom. The number of amides is 12. The fourth-order valence-corrected chi connectivity index (χ4v) is 15.7. The van der Waals surface area contributed by atoms with E-state index in [0.717, 1.165) is 84.6 Å². The first-order chi connectivity index (χ1) is 47.2. The number of carbonyl (C=O) groups is 12. The van der Waals surface area contributed by atoms with Crippen LogP contribution in [0, 0.1) is 23.7 Å². The van der Waals surface area contributed by atoms with Gasteiger partial charge in [-0.1, -0.05) is 103 Å². The Morgan fingerprint density at radius 2 is 1.22 bits per heavy atom. The summed E-state index contributed by atoms with van der Waals surface area (Å²) in [4.78, 5) is 190. The zero-order valence-electron chi connectivity index (χ0n) is 60.7. The van der Waals surface area contributed by atoms with Crippen LogP contribution in [0.25, 0.3) is 0 Å². The van der Waals surface area contributed by atoms with Crippen molar-refractivity contribution in [2.24, 2.45) is 23.7 Å². The van der Waals surface area contributed by atoms with Gasteiger partial charge in [0.2, 0.25) is 70.9 Å². The second-order valence-electron chi connectivity index (χ2n) is 29.8. The van der Waals surface area contributed by atoms with Crippen molar-refractivity contribution in [3.8, 4) is 0 Å². The number of likely N-dealkylation sites (tertiary alicyclic amines) is 1. The largest absolute Gasteiger partial charge is 0.417 e. The quantitative estimate of drug-likeness (QED) is 0.229. The number of benzene rings is 1. The molecule has 1 aromatic rings. The Labute approximate surface area is 593 Å². The molecule has 3 N–H and O–H groups in total. The summed E-state index contributed by atoms with van der Waals surface area (Å²) in [6.45, 7) is 6.46. The van der Waals surface area contributed by atoms with E-state index in [-0.39, 0.29) is 63.3 Å². The molecule has 0 bridgehead atoms. The normalized spacial score (nSPS) is 26.8. The highest BCUT2D eigenvalue weighted by Gasteiger charge is 2.53. The van der Waals surface area contributed by atoms with Crippen LogP contribution < -0.4 is 16.0 Å². The van der Waals surface area contributed by atoms with Crippen molar-refractivity contribution in [1.82, 2.24) is 60.0 Å². The molecular weight excluding hydrogens is 1320 g/mol. The van der Waals surface area contributed by atoms with E-state index in [2.05, 4.69) is 16.0 Å². The monoisotopic (exact) mass is 1430 g/mol. The lowest BCUT2D eigenvalue weighted by molar-refractivity contribution is -0.158. The van der Waals surface area contributed by atoms with Gasteiger partial charge in [0, 0.05) is 69.0 Å². The van der Waals surface area contributed by atoms with E-state index in [4.69, 9.17) is 11.6 Å². The van der Waals surface area contributed by atoms with Crippen LogP contribution in [0.3, 0.4) is 0 Å². The summed E-state index contributed by atoms with van der Waals surface area (Å²) >= 11 is 6.15. The van der Waals surface area contributed by atoms with Crippen molar-refractivity contribution in [3.63, 3.8) is 0 Å². The average molecular weight is 1430 g/mol. The Morgan fingerprint density at radius 1 is 0.620 bits per heavy atom. The number of rotatable bonds is 11. The third-order valence-electron chi connectivity index (χ3n) is 22.1. The van der Waals surface area contributed by atoms with Gasteiger partial charge in [-0.25, -0.2) is 0 Å². The molecule has 3 aliphatic carbocycles. The van der Waals surface area contributed by atoms with E-state index in [0.29, 0.717) is 63.6 Å². The molecule has 1 aromatic carbocycles. The molecule has 0 radical (unpaired) electrons. The van der Waals surface area contributed by atoms with Gasteiger partial charge >= 0.3 is 6.18 Å². The van der Waals surface area contributed by atoms with Crippen LogP contribution in [0.1, 0.15) is 187 Å². The van der Waals surface area contributed by atoms with Gasteiger partial charge in [0.05, 0.1) is 36.6 Å². The van der Waals surface area contributed by atoms with E-state index < -0.39 is 173 Å². The first-order valence-corrected chi connectivity index (χ1v) is 36.7. The van der Waals surface area contributed by atoms with Crippen LogP contribution in [-0.2, 0) is 70.1 Å². The van der Waals surface area contributed by atoms with Crippen LogP contribution in [-0.4, -0.2) is 251 Å². The van der Waals surface area contributed by atoms with Gasteiger partial charge in [-0.2, -0.15) is 13.2 Å². The van der Waals surface area contributed by atoms with Crippen LogP contribution >= 0.6 is 11.6 Å². The van der Waals surface area contributed by atoms with Gasteiger partial charge in [0.25, 0.3) is 0 Å². The molecule has 6 fully saturated rings. The number of halogens is 4. The topological polar surface area (TPSA) is 270 Å². The summed E-state index contributed by atoms with van der Waals surface area (Å²) in [5.74, 6) is -8.70. The molecule has 24 nitrogen and oxygen atoms in total. The Hall–Kier alpha value is -7.06. The van der Waals surface area contributed by atoms with Crippen molar-refractivity contribution in [2.45, 2.75) is 236 Å². The molecule has 1 spiro atoms. The molecular formula is C72H110ClF3N12O12. The van der Waals surface area contributed by atoms with Gasteiger partial charge in [-0.05, 0) is 131 Å². The number of piperidine rings is 1. The van der Waals surface area contributed by atoms with Gasteiger partial charge in [-0.3, -0.25) is 57.5 Å². The summed E-state index contributed by atoms with van der Waals surface area (Å²) in [6, 6.07) is -5.50. The molecule has 6 aliphatic rings. The molecule has 100 heavy (non-hydrogen) atoms. The molecule has 3 saturated heterocycles. The number of hydrogen-bond acceptors (Lipinski definition) is 12. The molecule has 1 unspecified atom stereocenters. The van der Waals surface area contributed by atoms with Crippen molar-refractivity contribution >= 4 is 82.5 Å². The second kappa shape index (κ2) is 35.7. The maximum absolute atomic E-state index is 15.7. The van der Waals surface area contributed by atoms with Gasteiger partial charge in [-0.15, -0.1) is 0 Å². The van der Waals surface area contributed by atoms with Crippen molar-refractivity contribution < 1.29 is 70.7 Å². The smallest absolute Gasteiger partial charge is 0.343 e. The molecule has 7 rings (SSSR count). The number of carbonyl (C=O) groups excluding carboxylic acids is 12. The summed E-state index contributed by atoms with van der Waals surface area (Å²) < 4.78 is 41.6. The van der Waals surface area contributed by atoms with Gasteiger partial charge < -0.3 is 60.0 Å². The van der Waals surface area contributed by atoms with Gasteiger partial charge in [0.1, 0.15) is 47.8 Å². The molecule has 28 heteroatoms. The summed E-state index contributed by atoms with van der Waals surface area (Å²) in [5.41, 5.74) is -2.31. The second-order valence-corrected chi connectivity index (χ2v) is 30.2. The highest BCUT2D eigenvalue weighted by Crippen LogP contribution is 2.39. The van der Waals surface area contributed by atoms with Crippen molar-refractivity contribution in [3.05, 3.63) is 34.3 Å². The first-order valence-electron chi connectivity index (χ1n) is 36.4. The Balaban J connectivity index is 1.28. The summed E-state index contributed by atoms with van der Waals surface area (Å²) in [7, 11) is 10.0. The SMILES string of the molecule is CC[C@H](C)[C@@H]1NC(=O)[C@H](CC(C)C)N(C)C(=O)C[C@@H](C(=O)N2CCCCC2)N(C)C(=O)[C@H](C2CCCCC2)N(C)C(=O)C2(CCC2)NC(=O)C2CCCN2C(=O)[C@H](CCc2ccc(C(F)(F)F)c(Cl)c2)NC(=O)CN(C)C(=O)[C@H](CC2CCCCC2)N(C)C(=O)CN(C)C(=O)CN(C)C1=O. The Kier molecular flexibility index (Phi) is 28.7. The van der Waals surface area contributed by atoms with Crippen LogP contribution in [0.2, 0.25) is 5.02 Å². The fraction of sp³-hybridized carbons (Fsp3) is 0.750. The molecule has 3 saturated carbocycles. The number of aryl methyl sites for hydroxylation is 1. The summed E-state index contributed by atoms with van der Waals surface area (Å²) in [6.07, 6.45) is 6.61. The minimum absolute atomic E-state index is 0.0204. The van der Waals surface area contributed by atoms with Crippen LogP contribution in [0.4, 0.5) is 13.2 Å². The van der Waals surface area contributed by atoms with E-state index >= 15 is 28.8 Å². The minimum Gasteiger partial charge on any atom is -0.343 e. The predicted molar refractivity (Wildman–Crippen MR) is 369 cm³/mol. The van der Waals surface area contributed by atoms with Crippen molar-refractivity contribution in [1.29, 1.82) is 0 Å². The lowest BCUT2D eigenvalue weighted by Gasteiger charge is -2.47. The lowest BCUT2D eigenvalue weighted by Crippen LogP contribution is -2.68. The third-order valence-corrected chi connectivity index (χ3v) is 22.4. The number of nitrogens with zero attached hydrogens (tertiary/aromatic N) is 9. The number of alkyl halides is 3. The molecule has 3 heterocycles. The lowest BCUT2D eigenvalue weighted by atomic mass is 9.74. The molecule has 0 aromatic heterocycles. The third kappa shape index (κ3) is 20.0. The number of fused-ring (bicyclic) bond motifs is 1. The molecule has 3 aliphatic heterocycles. The molecule has 8 atom stereocenters. The van der Waals surface area contributed by atoms with E-state index in [1.54, 1.807) is 11.8 Å². The number of nitrogens with one attached hydrogen (secondary N) is 3. The maximum atomic E-state index is 15.7. The number of likely N-dealkylation sites (N-methyl/N-ethyl adjacent to an activating group) is 7. The Bertz CT molecular complexity index is 3120. The maximum Gasteiger partial charge on any atom is 0.417 e. The zero-order chi connectivity index (χ0) is 73.7. The van der Waals surface area contributed by atoms with Crippen molar-refractivity contribution in [2.75, 3.05) is 88.6 Å². The molecule has 558 valence electrons. The van der Waals surface area contributed by atoms with E-state index in [1.807, 2.05) is 20.8 Å². The van der Waals surface area contributed by atoms with E-state index in [9.17, 15) is 41.9 Å². The van der Waals surface area contributed by atoms with Crippen LogP contribution in [0.5, 0.6) is 0 Å². The van der Waals surface area contributed by atoms with E-state index in [1.165, 1.54) is 79.9 Å². The average Bonchev–Trinajstić information content (AvgIpc) is 0.971. The molecule has 12 amide bonds. The zero-order valence-corrected chi connectivity index (χ0v) is 61.5. The predicted octanol–water partition coefficient (Wildman–Crippen LogP) is 6.03. The highest BCUT2D eigenvalue weighted by atomic mass is 35.5. The van der Waals surface area contributed by atoms with Gasteiger partial charge in [0.15, 0.2) is 0 Å². The van der Waals surface area contributed by atoms with Crippen LogP contribution in [0.15, 0.2) is 18.2 Å². The fourth-order valence-electron chi connectivity index (χ4n) is 15.4.